The van der Waals surface area contributed by atoms with E-state index in [0.29, 0.717) is 10.6 Å². The van der Waals surface area contributed by atoms with E-state index in [0.717, 1.165) is 0 Å². The smallest absolute Gasteiger partial charge is 0.257 e. The van der Waals surface area contributed by atoms with Crippen molar-refractivity contribution < 1.29 is 4.92 Å². The molecule has 1 aromatic rings. The van der Waals surface area contributed by atoms with Crippen LogP contribution in [0.2, 0.25) is 5.02 Å². The standard InChI is InChI=1S/C8H5Cl2NO2/c9-7-3-1-6(2-4-7)5-8(10)11(12)13/h1-5H/b8-5+. The van der Waals surface area contributed by atoms with E-state index in [-0.39, 0.29) is 0 Å². The first-order valence-electron chi connectivity index (χ1n) is 3.37. The number of rotatable bonds is 2. The van der Waals surface area contributed by atoms with E-state index in [1.54, 1.807) is 24.3 Å². The number of benzene rings is 1. The fourth-order valence-corrected chi connectivity index (χ4v) is 1.00. The molecule has 0 aliphatic heterocycles. The molecule has 0 atom stereocenters. The molecule has 3 nitrogen and oxygen atoms in total. The predicted molar refractivity (Wildman–Crippen MR) is 52.3 cm³/mol. The van der Waals surface area contributed by atoms with Crippen LogP contribution in [0.25, 0.3) is 6.08 Å². The van der Waals surface area contributed by atoms with E-state index in [1.807, 2.05) is 0 Å². The van der Waals surface area contributed by atoms with Crippen molar-refractivity contribution in [2.24, 2.45) is 0 Å². The lowest BCUT2D eigenvalue weighted by Crippen LogP contribution is -1.90. The van der Waals surface area contributed by atoms with Crippen LogP contribution in [-0.4, -0.2) is 4.92 Å². The molecule has 0 amide bonds. The van der Waals surface area contributed by atoms with Crippen molar-refractivity contribution in [3.05, 3.63) is 50.1 Å². The molecule has 0 aromatic heterocycles. The average Bonchev–Trinajstić information content (AvgIpc) is 2.08. The lowest BCUT2D eigenvalue weighted by Gasteiger charge is -1.92. The molecule has 0 radical (unpaired) electrons. The molecule has 0 aliphatic rings. The van der Waals surface area contributed by atoms with E-state index in [9.17, 15) is 10.1 Å². The average molecular weight is 218 g/mol. The van der Waals surface area contributed by atoms with Crippen molar-refractivity contribution in [3.8, 4) is 0 Å². The zero-order valence-electron chi connectivity index (χ0n) is 6.41. The van der Waals surface area contributed by atoms with Crippen LogP contribution in [-0.2, 0) is 0 Å². The molecule has 0 unspecified atom stereocenters. The van der Waals surface area contributed by atoms with Gasteiger partial charge < -0.3 is 0 Å². The number of hydrogen-bond acceptors (Lipinski definition) is 2. The van der Waals surface area contributed by atoms with Gasteiger partial charge in [0.15, 0.2) is 0 Å². The van der Waals surface area contributed by atoms with Gasteiger partial charge in [-0.25, -0.2) is 0 Å². The van der Waals surface area contributed by atoms with Gasteiger partial charge in [0.25, 0.3) is 0 Å². The highest BCUT2D eigenvalue weighted by Gasteiger charge is 2.04. The summed E-state index contributed by atoms with van der Waals surface area (Å²) in [5.74, 6) is 0. The van der Waals surface area contributed by atoms with Crippen LogP contribution in [0.15, 0.2) is 29.4 Å². The molecule has 13 heavy (non-hydrogen) atoms. The van der Waals surface area contributed by atoms with Gasteiger partial charge in [-0.3, -0.25) is 10.1 Å². The van der Waals surface area contributed by atoms with Gasteiger partial charge in [0.1, 0.15) is 0 Å². The molecule has 0 N–H and O–H groups in total. The number of halogens is 2. The highest BCUT2D eigenvalue weighted by Crippen LogP contribution is 2.14. The van der Waals surface area contributed by atoms with Crippen molar-refractivity contribution in [1.82, 2.24) is 0 Å². The molecule has 0 fully saturated rings. The fourth-order valence-electron chi connectivity index (χ4n) is 0.749. The van der Waals surface area contributed by atoms with Crippen LogP contribution in [0.1, 0.15) is 5.56 Å². The van der Waals surface area contributed by atoms with Crippen molar-refractivity contribution in [2.75, 3.05) is 0 Å². The number of hydrogen-bond donors (Lipinski definition) is 0. The van der Waals surface area contributed by atoms with Gasteiger partial charge >= 0.3 is 5.16 Å². The first-order chi connectivity index (χ1) is 6.09. The van der Waals surface area contributed by atoms with Crippen molar-refractivity contribution in [1.29, 1.82) is 0 Å². The van der Waals surface area contributed by atoms with Gasteiger partial charge in [-0.15, -0.1) is 0 Å². The summed E-state index contributed by atoms with van der Waals surface area (Å²) in [5.41, 5.74) is 0.645. The Morgan fingerprint density at radius 3 is 2.38 bits per heavy atom. The van der Waals surface area contributed by atoms with Crippen LogP contribution in [0, 0.1) is 10.1 Å². The van der Waals surface area contributed by atoms with Gasteiger partial charge in [-0.2, -0.15) is 0 Å². The van der Waals surface area contributed by atoms with Gasteiger partial charge in [0.05, 0.1) is 4.92 Å². The Labute approximate surface area is 84.7 Å². The summed E-state index contributed by atoms with van der Waals surface area (Å²) in [6.45, 7) is 0. The van der Waals surface area contributed by atoms with Crippen LogP contribution >= 0.6 is 23.2 Å². The van der Waals surface area contributed by atoms with Gasteiger partial charge in [0.2, 0.25) is 0 Å². The summed E-state index contributed by atoms with van der Waals surface area (Å²) in [7, 11) is 0. The molecule has 0 heterocycles. The molecule has 0 saturated carbocycles. The normalized spacial score (nSPS) is 11.4. The molecular formula is C8H5Cl2NO2. The number of nitro groups is 1. The Balaban J connectivity index is 2.92. The first-order valence-corrected chi connectivity index (χ1v) is 4.12. The molecule has 0 aliphatic carbocycles. The molecule has 68 valence electrons. The van der Waals surface area contributed by atoms with E-state index in [4.69, 9.17) is 23.2 Å². The zero-order valence-corrected chi connectivity index (χ0v) is 7.92. The summed E-state index contributed by atoms with van der Waals surface area (Å²) in [5, 5.41) is 10.3. The van der Waals surface area contributed by atoms with Crippen LogP contribution in [0.4, 0.5) is 0 Å². The maximum Gasteiger partial charge on any atom is 0.337 e. The van der Waals surface area contributed by atoms with Gasteiger partial charge in [0, 0.05) is 11.1 Å². The summed E-state index contributed by atoms with van der Waals surface area (Å²) in [6, 6.07) is 6.57. The molecule has 1 aromatic carbocycles. The lowest BCUT2D eigenvalue weighted by molar-refractivity contribution is -0.410. The first kappa shape index (κ1) is 10.0. The highest BCUT2D eigenvalue weighted by atomic mass is 35.5. The molecule has 0 saturated heterocycles. The molecule has 0 spiro atoms. The Hall–Kier alpha value is -1.06. The minimum atomic E-state index is -0.657. The fraction of sp³-hybridized carbons (Fsp3) is 0. The maximum atomic E-state index is 10.1. The van der Waals surface area contributed by atoms with Gasteiger partial charge in [-0.1, -0.05) is 23.7 Å². The third-order valence-electron chi connectivity index (χ3n) is 1.33. The van der Waals surface area contributed by atoms with E-state index >= 15 is 0 Å². The Morgan fingerprint density at radius 1 is 1.38 bits per heavy atom. The predicted octanol–water partition coefficient (Wildman–Crippen LogP) is 3.15. The van der Waals surface area contributed by atoms with E-state index in [2.05, 4.69) is 0 Å². The van der Waals surface area contributed by atoms with Crippen molar-refractivity contribution in [3.63, 3.8) is 0 Å². The van der Waals surface area contributed by atoms with Gasteiger partial charge in [-0.05, 0) is 29.3 Å². The largest absolute Gasteiger partial charge is 0.337 e. The Kier molecular flexibility index (Phi) is 3.28. The lowest BCUT2D eigenvalue weighted by atomic mass is 10.2. The summed E-state index contributed by atoms with van der Waals surface area (Å²) in [4.78, 5) is 9.49. The monoisotopic (exact) mass is 217 g/mol. The highest BCUT2D eigenvalue weighted by molar-refractivity contribution is 6.31. The van der Waals surface area contributed by atoms with Crippen LogP contribution < -0.4 is 0 Å². The SMILES string of the molecule is O=[N+]([O-])/C(Cl)=C/c1ccc(Cl)cc1. The van der Waals surface area contributed by atoms with E-state index < -0.39 is 10.1 Å². The van der Waals surface area contributed by atoms with Crippen LogP contribution in [0.3, 0.4) is 0 Å². The Morgan fingerprint density at radius 2 is 1.92 bits per heavy atom. The van der Waals surface area contributed by atoms with Crippen molar-refractivity contribution >= 4 is 29.3 Å². The number of nitrogens with zero attached hydrogens (tertiary/aromatic N) is 1. The van der Waals surface area contributed by atoms with E-state index in [1.165, 1.54) is 6.08 Å². The third-order valence-corrected chi connectivity index (χ3v) is 1.83. The maximum absolute atomic E-state index is 10.1. The minimum Gasteiger partial charge on any atom is -0.257 e. The second-order valence-corrected chi connectivity index (χ2v) is 3.10. The molecule has 5 heteroatoms. The zero-order chi connectivity index (χ0) is 9.84. The summed E-state index contributed by atoms with van der Waals surface area (Å²) >= 11 is 10.9. The van der Waals surface area contributed by atoms with Crippen molar-refractivity contribution in [2.45, 2.75) is 0 Å². The second-order valence-electron chi connectivity index (χ2n) is 2.28. The summed E-state index contributed by atoms with van der Waals surface area (Å²) in [6.07, 6.45) is 1.26. The molecule has 0 bridgehead atoms. The Bertz CT molecular complexity index is 346. The quantitative estimate of drug-likeness (QED) is 0.434. The summed E-state index contributed by atoms with van der Waals surface area (Å²) < 4.78 is 0. The second kappa shape index (κ2) is 4.25. The molecular weight excluding hydrogens is 213 g/mol. The topological polar surface area (TPSA) is 43.1 Å². The molecule has 1 rings (SSSR count). The minimum absolute atomic E-state index is 0.415. The van der Waals surface area contributed by atoms with Crippen LogP contribution in [0.5, 0.6) is 0 Å². The third kappa shape index (κ3) is 3.05.